The van der Waals surface area contributed by atoms with Gasteiger partial charge in [-0.25, -0.2) is 4.39 Å². The second-order valence-electron chi connectivity index (χ2n) is 8.56. The highest BCUT2D eigenvalue weighted by Crippen LogP contribution is 2.26. The molecule has 9 heteroatoms. The van der Waals surface area contributed by atoms with Gasteiger partial charge in [0.05, 0.1) is 11.8 Å². The van der Waals surface area contributed by atoms with Gasteiger partial charge in [-0.1, -0.05) is 56.0 Å². The molecule has 1 heterocycles. The highest BCUT2D eigenvalue weighted by atomic mass is 32.2. The van der Waals surface area contributed by atoms with Gasteiger partial charge in [0.15, 0.2) is 11.0 Å². The van der Waals surface area contributed by atoms with E-state index in [0.717, 1.165) is 5.56 Å². The Kier molecular flexibility index (Phi) is 9.19. The highest BCUT2D eigenvalue weighted by molar-refractivity contribution is 7.99. The summed E-state index contributed by atoms with van der Waals surface area (Å²) in [6.07, 6.45) is 2.39. The van der Waals surface area contributed by atoms with Crippen molar-refractivity contribution in [3.8, 4) is 0 Å². The summed E-state index contributed by atoms with van der Waals surface area (Å²) < 4.78 is 15.4. The number of carbonyl (C=O) groups excluding carboxylic acids is 2. The molecule has 2 aromatic carbocycles. The minimum absolute atomic E-state index is 0.0659. The third-order valence-electron chi connectivity index (χ3n) is 5.22. The van der Waals surface area contributed by atoms with Crippen LogP contribution in [0.5, 0.6) is 0 Å². The van der Waals surface area contributed by atoms with Crippen LogP contribution in [0.2, 0.25) is 0 Å². The first kappa shape index (κ1) is 26.2. The van der Waals surface area contributed by atoms with Gasteiger partial charge < -0.3 is 15.2 Å². The summed E-state index contributed by atoms with van der Waals surface area (Å²) in [6.45, 7) is 10.2. The van der Waals surface area contributed by atoms with E-state index in [2.05, 4.69) is 41.3 Å². The summed E-state index contributed by atoms with van der Waals surface area (Å²) in [4.78, 5) is 25.4. The Morgan fingerprint density at radius 3 is 2.60 bits per heavy atom. The van der Waals surface area contributed by atoms with Gasteiger partial charge >= 0.3 is 0 Å². The molecule has 0 aliphatic heterocycles. The number of aromatic nitrogens is 3. The molecule has 184 valence electrons. The number of amides is 2. The average Bonchev–Trinajstić information content (AvgIpc) is 3.22. The number of anilines is 1. The van der Waals surface area contributed by atoms with E-state index in [1.165, 1.54) is 23.9 Å². The maximum atomic E-state index is 13.5. The number of thioether (sulfide) groups is 1. The van der Waals surface area contributed by atoms with E-state index >= 15 is 0 Å². The van der Waals surface area contributed by atoms with E-state index in [1.807, 2.05) is 22.8 Å². The molecule has 7 nitrogen and oxygen atoms in total. The van der Waals surface area contributed by atoms with Gasteiger partial charge in [0.1, 0.15) is 5.82 Å². The minimum atomic E-state index is -0.414. The number of halogens is 1. The number of nitrogens with zero attached hydrogens (tertiary/aromatic N) is 3. The number of hydrogen-bond acceptors (Lipinski definition) is 5. The molecule has 0 aliphatic carbocycles. The Bertz CT molecular complexity index is 1180. The zero-order valence-electron chi connectivity index (χ0n) is 20.1. The van der Waals surface area contributed by atoms with Crippen LogP contribution in [0.15, 0.2) is 66.3 Å². The monoisotopic (exact) mass is 495 g/mol. The van der Waals surface area contributed by atoms with Gasteiger partial charge in [-0.15, -0.1) is 16.8 Å². The molecule has 3 aromatic rings. The first-order chi connectivity index (χ1) is 16.8. The molecule has 3 rings (SSSR count). The van der Waals surface area contributed by atoms with Crippen LogP contribution in [0, 0.1) is 18.7 Å². The van der Waals surface area contributed by atoms with E-state index in [1.54, 1.807) is 31.2 Å². The van der Waals surface area contributed by atoms with Crippen molar-refractivity contribution in [1.82, 2.24) is 20.1 Å². The number of allylic oxidation sites excluding steroid dienone is 1. The SMILES string of the molecule is C=CCn1c(SCC(=O)Nc2cc(F)ccc2C)nnc1C(CC(C)C)NC(=O)c1ccccc1. The Balaban J connectivity index is 1.77. The lowest BCUT2D eigenvalue weighted by Crippen LogP contribution is -2.31. The third kappa shape index (κ3) is 7.26. The topological polar surface area (TPSA) is 88.9 Å². The van der Waals surface area contributed by atoms with Gasteiger partial charge in [0, 0.05) is 17.8 Å². The van der Waals surface area contributed by atoms with Crippen LogP contribution in [0.1, 0.15) is 48.1 Å². The molecule has 35 heavy (non-hydrogen) atoms. The average molecular weight is 496 g/mol. The quantitative estimate of drug-likeness (QED) is 0.283. The zero-order valence-corrected chi connectivity index (χ0v) is 20.9. The van der Waals surface area contributed by atoms with E-state index in [9.17, 15) is 14.0 Å². The van der Waals surface area contributed by atoms with Crippen LogP contribution in [-0.2, 0) is 11.3 Å². The Labute approximate surface area is 209 Å². The number of hydrogen-bond donors (Lipinski definition) is 2. The van der Waals surface area contributed by atoms with Crippen molar-refractivity contribution >= 4 is 29.3 Å². The molecule has 0 aliphatic rings. The molecule has 1 unspecified atom stereocenters. The Morgan fingerprint density at radius 2 is 1.91 bits per heavy atom. The smallest absolute Gasteiger partial charge is 0.251 e. The van der Waals surface area contributed by atoms with E-state index in [4.69, 9.17) is 0 Å². The molecule has 1 aromatic heterocycles. The summed E-state index contributed by atoms with van der Waals surface area (Å²) >= 11 is 1.22. The van der Waals surface area contributed by atoms with E-state index in [0.29, 0.717) is 41.1 Å². The summed E-state index contributed by atoms with van der Waals surface area (Å²) in [5.74, 6) is 0.0740. The molecule has 0 bridgehead atoms. The maximum absolute atomic E-state index is 13.5. The van der Waals surface area contributed by atoms with Gasteiger partial charge in [0.25, 0.3) is 5.91 Å². The molecule has 2 N–H and O–H groups in total. The number of carbonyl (C=O) groups is 2. The highest BCUT2D eigenvalue weighted by Gasteiger charge is 2.24. The summed E-state index contributed by atoms with van der Waals surface area (Å²) in [6, 6.07) is 12.9. The molecular formula is C26H30FN5O2S. The number of nitrogens with one attached hydrogen (secondary N) is 2. The van der Waals surface area contributed by atoms with Crippen LogP contribution in [0.4, 0.5) is 10.1 Å². The van der Waals surface area contributed by atoms with Crippen molar-refractivity contribution in [3.63, 3.8) is 0 Å². The predicted octanol–water partition coefficient (Wildman–Crippen LogP) is 5.16. The van der Waals surface area contributed by atoms with Gasteiger partial charge in [-0.2, -0.15) is 0 Å². The maximum Gasteiger partial charge on any atom is 0.251 e. The molecule has 0 saturated carbocycles. The largest absolute Gasteiger partial charge is 0.342 e. The van der Waals surface area contributed by atoms with Crippen LogP contribution in [0.3, 0.4) is 0 Å². The molecule has 2 amide bonds. The lowest BCUT2D eigenvalue weighted by Gasteiger charge is -2.21. The molecule has 0 spiro atoms. The summed E-state index contributed by atoms with van der Waals surface area (Å²) in [5.41, 5.74) is 1.77. The lowest BCUT2D eigenvalue weighted by molar-refractivity contribution is -0.113. The van der Waals surface area contributed by atoms with Crippen molar-refractivity contribution in [3.05, 3.63) is 84.0 Å². The molecule has 1 atom stereocenters. The number of benzene rings is 2. The first-order valence-electron chi connectivity index (χ1n) is 11.4. The van der Waals surface area contributed by atoms with Gasteiger partial charge in [-0.3, -0.25) is 9.59 Å². The second kappa shape index (κ2) is 12.3. The molecular weight excluding hydrogens is 465 g/mol. The lowest BCUT2D eigenvalue weighted by atomic mass is 10.0. The van der Waals surface area contributed by atoms with Crippen LogP contribution >= 0.6 is 11.8 Å². The summed E-state index contributed by atoms with van der Waals surface area (Å²) in [7, 11) is 0. The van der Waals surface area contributed by atoms with Crippen LogP contribution in [-0.4, -0.2) is 32.3 Å². The number of aryl methyl sites for hydroxylation is 1. The first-order valence-corrected chi connectivity index (χ1v) is 12.4. The van der Waals surface area contributed by atoms with Crippen molar-refractivity contribution < 1.29 is 14.0 Å². The van der Waals surface area contributed by atoms with Crippen LogP contribution in [0.25, 0.3) is 0 Å². The van der Waals surface area contributed by atoms with Gasteiger partial charge in [0.2, 0.25) is 5.91 Å². The fraction of sp³-hybridized carbons (Fsp3) is 0.308. The number of rotatable bonds is 11. The Morgan fingerprint density at radius 1 is 1.17 bits per heavy atom. The minimum Gasteiger partial charge on any atom is -0.342 e. The van der Waals surface area contributed by atoms with E-state index < -0.39 is 5.82 Å². The summed E-state index contributed by atoms with van der Waals surface area (Å²) in [5, 5.41) is 15.0. The molecule has 0 radical (unpaired) electrons. The normalized spacial score (nSPS) is 11.8. The fourth-order valence-electron chi connectivity index (χ4n) is 3.54. The third-order valence-corrected chi connectivity index (χ3v) is 6.19. The van der Waals surface area contributed by atoms with Crippen molar-refractivity contribution in [2.45, 2.75) is 44.9 Å². The van der Waals surface area contributed by atoms with E-state index in [-0.39, 0.29) is 23.6 Å². The van der Waals surface area contributed by atoms with Crippen molar-refractivity contribution in [2.75, 3.05) is 11.1 Å². The molecule has 0 saturated heterocycles. The molecule has 0 fully saturated rings. The fourth-order valence-corrected chi connectivity index (χ4v) is 4.30. The Hall–Kier alpha value is -3.46. The van der Waals surface area contributed by atoms with Crippen LogP contribution < -0.4 is 10.6 Å². The van der Waals surface area contributed by atoms with Crippen molar-refractivity contribution in [2.24, 2.45) is 5.92 Å². The predicted molar refractivity (Wildman–Crippen MR) is 137 cm³/mol. The van der Waals surface area contributed by atoms with Crippen molar-refractivity contribution in [1.29, 1.82) is 0 Å². The second-order valence-corrected chi connectivity index (χ2v) is 9.50. The van der Waals surface area contributed by atoms with Gasteiger partial charge in [-0.05, 0) is 49.1 Å². The zero-order chi connectivity index (χ0) is 25.4. The standard InChI is InChI=1S/C26H30FN5O2S/c1-5-13-32-24(22(14-17(2)3)29-25(34)19-9-7-6-8-10-19)30-31-26(32)35-16-23(33)28-21-15-20(27)12-11-18(21)4/h5-12,15,17,22H,1,13-14,16H2,2-4H3,(H,28,33)(H,29,34).